The number of amides is 2. The molecule has 4 rings (SSSR count). The first-order valence-corrected chi connectivity index (χ1v) is 10.4. The topological polar surface area (TPSA) is 147 Å². The van der Waals surface area contributed by atoms with Crippen LogP contribution in [0.3, 0.4) is 0 Å². The van der Waals surface area contributed by atoms with Crippen LogP contribution in [0.4, 0.5) is 22.2 Å². The Bertz CT molecular complexity index is 1100. The Kier molecular flexibility index (Phi) is 5.71. The van der Waals surface area contributed by atoms with Crippen molar-refractivity contribution in [2.75, 3.05) is 42.7 Å². The summed E-state index contributed by atoms with van der Waals surface area (Å²) in [4.78, 5) is 41.2. The lowest BCUT2D eigenvalue weighted by Gasteiger charge is -2.41. The van der Waals surface area contributed by atoms with E-state index in [-0.39, 0.29) is 24.9 Å². The van der Waals surface area contributed by atoms with Crippen molar-refractivity contribution in [2.24, 2.45) is 0 Å². The number of fused-ring (bicyclic) bond motifs is 1. The van der Waals surface area contributed by atoms with Crippen LogP contribution in [0.2, 0.25) is 0 Å². The van der Waals surface area contributed by atoms with Gasteiger partial charge in [0.05, 0.1) is 25.1 Å². The molecule has 31 heavy (non-hydrogen) atoms. The zero-order valence-corrected chi connectivity index (χ0v) is 17.5. The third-order valence-electron chi connectivity index (χ3n) is 4.99. The normalized spacial score (nSPS) is 16.4. The first-order chi connectivity index (χ1) is 14.9. The molecule has 3 heterocycles. The van der Waals surface area contributed by atoms with E-state index in [1.54, 1.807) is 41.8 Å². The molecule has 2 aromatic heterocycles. The van der Waals surface area contributed by atoms with Gasteiger partial charge in [0.25, 0.3) is 0 Å². The van der Waals surface area contributed by atoms with Gasteiger partial charge in [-0.2, -0.15) is 4.98 Å². The average molecular weight is 443 g/mol. The fourth-order valence-corrected chi connectivity index (χ4v) is 4.20. The monoisotopic (exact) mass is 443 g/mol. The molecule has 1 unspecified atom stereocenters. The molecule has 1 saturated heterocycles. The maximum absolute atomic E-state index is 12.8. The number of nitrogens with one attached hydrogen (secondary N) is 1. The van der Waals surface area contributed by atoms with Crippen LogP contribution in [-0.4, -0.2) is 69.7 Å². The van der Waals surface area contributed by atoms with Gasteiger partial charge in [-0.1, -0.05) is 0 Å². The van der Waals surface area contributed by atoms with Crippen LogP contribution in [0.15, 0.2) is 29.8 Å². The summed E-state index contributed by atoms with van der Waals surface area (Å²) in [7, 11) is 1.57. The summed E-state index contributed by atoms with van der Waals surface area (Å²) in [6, 6.07) is 6.18. The van der Waals surface area contributed by atoms with Gasteiger partial charge in [-0.25, -0.2) is 14.8 Å². The number of carbonyl (C=O) groups excluding carboxylic acids is 1. The van der Waals surface area contributed by atoms with Crippen molar-refractivity contribution in [3.63, 3.8) is 0 Å². The predicted molar refractivity (Wildman–Crippen MR) is 117 cm³/mol. The molecule has 162 valence electrons. The van der Waals surface area contributed by atoms with Gasteiger partial charge in [0.1, 0.15) is 11.3 Å². The molecule has 0 aliphatic carbocycles. The zero-order chi connectivity index (χ0) is 22.0. The lowest BCUT2D eigenvalue weighted by Crippen LogP contribution is -2.56. The van der Waals surface area contributed by atoms with Gasteiger partial charge >= 0.3 is 12.0 Å². The number of anilines is 3. The lowest BCUT2D eigenvalue weighted by atomic mass is 10.1. The number of urea groups is 1. The Hall–Kier alpha value is -3.67. The largest absolute Gasteiger partial charge is 0.497 e. The highest BCUT2D eigenvalue weighted by Gasteiger charge is 2.33. The highest BCUT2D eigenvalue weighted by molar-refractivity contribution is 7.16. The quantitative estimate of drug-likeness (QED) is 0.537. The van der Waals surface area contributed by atoms with E-state index in [9.17, 15) is 14.7 Å². The van der Waals surface area contributed by atoms with Crippen molar-refractivity contribution in [1.29, 1.82) is 0 Å². The van der Waals surface area contributed by atoms with Gasteiger partial charge in [0.15, 0.2) is 10.6 Å². The Labute approximate surface area is 181 Å². The van der Waals surface area contributed by atoms with Gasteiger partial charge in [-0.05, 0) is 24.3 Å². The number of nitrogen functional groups attached to an aromatic ring is 1. The van der Waals surface area contributed by atoms with Crippen LogP contribution < -0.4 is 20.7 Å². The summed E-state index contributed by atoms with van der Waals surface area (Å²) in [5.41, 5.74) is 8.69. The van der Waals surface area contributed by atoms with E-state index < -0.39 is 12.0 Å². The summed E-state index contributed by atoms with van der Waals surface area (Å²) in [5.74, 6) is 0.306. The van der Waals surface area contributed by atoms with Gasteiger partial charge in [0.2, 0.25) is 5.95 Å². The number of carbonyl (C=O) groups is 2. The Morgan fingerprint density at radius 1 is 1.29 bits per heavy atom. The number of methoxy groups -OCH3 is 1. The number of piperazine rings is 1. The second-order valence-electron chi connectivity index (χ2n) is 6.96. The van der Waals surface area contributed by atoms with Crippen molar-refractivity contribution < 1.29 is 19.4 Å². The smallest absolute Gasteiger partial charge is 0.321 e. The first kappa shape index (κ1) is 20.6. The molecule has 1 atom stereocenters. The summed E-state index contributed by atoms with van der Waals surface area (Å²) in [6.45, 7) is 0.981. The number of carboxylic acids is 1. The number of nitrogens with two attached hydrogens (primary N) is 1. The van der Waals surface area contributed by atoms with E-state index in [4.69, 9.17) is 10.5 Å². The molecule has 1 fully saturated rings. The van der Waals surface area contributed by atoms with Crippen molar-refractivity contribution in [1.82, 2.24) is 19.9 Å². The van der Waals surface area contributed by atoms with Gasteiger partial charge in [-0.3, -0.25) is 4.79 Å². The minimum Gasteiger partial charge on any atom is -0.497 e. The molecule has 0 saturated carbocycles. The molecule has 0 radical (unpaired) electrons. The van der Waals surface area contributed by atoms with Crippen LogP contribution in [0, 0.1) is 0 Å². The number of hydrogen-bond donors (Lipinski definition) is 3. The molecular weight excluding hydrogens is 422 g/mol. The van der Waals surface area contributed by atoms with E-state index in [0.717, 1.165) is 0 Å². The molecule has 1 aliphatic heterocycles. The summed E-state index contributed by atoms with van der Waals surface area (Å²) in [5, 5.41) is 12.3. The second kappa shape index (κ2) is 8.60. The highest BCUT2D eigenvalue weighted by Crippen LogP contribution is 2.30. The standard InChI is InChI=1S/C19H21N7O4S/c1-30-13-4-2-11(3-5-13)22-19(29)25-6-7-26(12(9-25)8-14(27)28)16-15-17(31-10-21-15)24-18(20)23-16/h2-5,10,12H,6-9H2,1H3,(H,22,29)(H,27,28)(H2,20,23,24). The second-order valence-corrected chi connectivity index (χ2v) is 7.79. The van der Waals surface area contributed by atoms with Crippen LogP contribution in [0.5, 0.6) is 5.75 Å². The highest BCUT2D eigenvalue weighted by atomic mass is 32.1. The Balaban J connectivity index is 1.54. The molecule has 1 aromatic carbocycles. The average Bonchev–Trinajstić information content (AvgIpc) is 3.21. The fourth-order valence-electron chi connectivity index (χ4n) is 3.54. The van der Waals surface area contributed by atoms with Crippen molar-refractivity contribution in [3.8, 4) is 5.75 Å². The molecule has 2 amide bonds. The number of benzene rings is 1. The Morgan fingerprint density at radius 3 is 2.77 bits per heavy atom. The fraction of sp³-hybridized carbons (Fsp3) is 0.316. The molecule has 11 nitrogen and oxygen atoms in total. The SMILES string of the molecule is COc1ccc(NC(=O)N2CCN(c3nc(N)nc4scnc34)C(CC(=O)O)C2)cc1. The number of aromatic nitrogens is 3. The first-order valence-electron chi connectivity index (χ1n) is 9.49. The molecule has 1 aliphatic rings. The number of thiazole rings is 1. The van der Waals surface area contributed by atoms with Gasteiger partial charge < -0.3 is 30.7 Å². The number of rotatable bonds is 5. The number of nitrogens with zero attached hydrogens (tertiary/aromatic N) is 5. The van der Waals surface area contributed by atoms with Gasteiger partial charge in [0, 0.05) is 25.3 Å². The molecular formula is C19H21N7O4S. The van der Waals surface area contributed by atoms with E-state index in [1.807, 2.05) is 4.90 Å². The predicted octanol–water partition coefficient (Wildman–Crippen LogP) is 1.87. The van der Waals surface area contributed by atoms with Crippen molar-refractivity contribution in [3.05, 3.63) is 29.8 Å². The van der Waals surface area contributed by atoms with E-state index in [1.165, 1.54) is 11.3 Å². The maximum Gasteiger partial charge on any atom is 0.321 e. The number of ether oxygens (including phenoxy) is 1. The minimum absolute atomic E-state index is 0.0977. The number of aliphatic carboxylic acids is 1. The van der Waals surface area contributed by atoms with Crippen LogP contribution in [0.1, 0.15) is 6.42 Å². The third kappa shape index (κ3) is 4.43. The number of carboxylic acid groups (broad SMARTS) is 1. The van der Waals surface area contributed by atoms with Gasteiger partial charge in [-0.15, -0.1) is 11.3 Å². The summed E-state index contributed by atoms with van der Waals surface area (Å²) < 4.78 is 5.12. The van der Waals surface area contributed by atoms with Crippen molar-refractivity contribution in [2.45, 2.75) is 12.5 Å². The van der Waals surface area contributed by atoms with Crippen LogP contribution >= 0.6 is 11.3 Å². The molecule has 0 spiro atoms. The maximum atomic E-state index is 12.8. The molecule has 3 aromatic rings. The zero-order valence-electron chi connectivity index (χ0n) is 16.7. The van der Waals surface area contributed by atoms with E-state index in [0.29, 0.717) is 40.7 Å². The van der Waals surface area contributed by atoms with E-state index >= 15 is 0 Å². The number of hydrogen-bond acceptors (Lipinski definition) is 9. The minimum atomic E-state index is -0.969. The Morgan fingerprint density at radius 2 is 2.06 bits per heavy atom. The molecule has 12 heteroatoms. The van der Waals surface area contributed by atoms with Crippen molar-refractivity contribution >= 4 is 51.1 Å². The van der Waals surface area contributed by atoms with Crippen LogP contribution in [-0.2, 0) is 4.79 Å². The lowest BCUT2D eigenvalue weighted by molar-refractivity contribution is -0.137. The summed E-state index contributed by atoms with van der Waals surface area (Å²) in [6.07, 6.45) is -0.165. The van der Waals surface area contributed by atoms with Crippen LogP contribution in [0.25, 0.3) is 10.3 Å². The molecule has 0 bridgehead atoms. The summed E-state index contributed by atoms with van der Waals surface area (Å²) >= 11 is 1.34. The molecule has 4 N–H and O–H groups in total. The van der Waals surface area contributed by atoms with E-state index in [2.05, 4.69) is 20.3 Å². The third-order valence-corrected chi connectivity index (χ3v) is 5.71.